The van der Waals surface area contributed by atoms with Gasteiger partial charge in [-0.2, -0.15) is 0 Å². The maximum absolute atomic E-state index is 12.0. The molecule has 0 unspecified atom stereocenters. The molecule has 0 saturated heterocycles. The van der Waals surface area contributed by atoms with Crippen LogP contribution >= 0.6 is 0 Å². The first-order chi connectivity index (χ1) is 14.6. The van der Waals surface area contributed by atoms with Crippen LogP contribution in [0.3, 0.4) is 0 Å². The number of carbonyl (C=O) groups excluding carboxylic acids is 1. The molecule has 1 aliphatic carbocycles. The number of aromatic nitrogens is 1. The summed E-state index contributed by atoms with van der Waals surface area (Å²) in [7, 11) is -3.36. The van der Waals surface area contributed by atoms with E-state index in [1.54, 1.807) is 18.5 Å². The van der Waals surface area contributed by atoms with Gasteiger partial charge in [-0.15, -0.1) is 0 Å². The van der Waals surface area contributed by atoms with Gasteiger partial charge in [0.2, 0.25) is 15.9 Å². The number of unbranched alkanes of at least 4 members (excludes halogenated alkanes) is 4. The molecule has 168 valence electrons. The van der Waals surface area contributed by atoms with E-state index in [-0.39, 0.29) is 11.7 Å². The molecule has 1 aliphatic rings. The molecule has 0 spiro atoms. The highest BCUT2D eigenvalue weighted by Crippen LogP contribution is 2.23. The van der Waals surface area contributed by atoms with Crippen LogP contribution in [0.4, 0.5) is 0 Å². The van der Waals surface area contributed by atoms with Gasteiger partial charge in [0.05, 0.1) is 12.4 Å². The van der Waals surface area contributed by atoms with Gasteiger partial charge in [-0.25, -0.2) is 8.42 Å². The number of nitrogens with zero attached hydrogens (tertiary/aromatic N) is 1. The Morgan fingerprint density at radius 2 is 1.90 bits per heavy atom. The first-order valence-electron chi connectivity index (χ1n) is 11.0. The zero-order valence-electron chi connectivity index (χ0n) is 17.7. The second-order valence-electron chi connectivity index (χ2n) is 7.90. The fraction of sp³-hybridized carbons (Fsp3) is 0.636. The third kappa shape index (κ3) is 11.4. The van der Waals surface area contributed by atoms with Crippen molar-refractivity contribution in [3.05, 3.63) is 36.2 Å². The predicted molar refractivity (Wildman–Crippen MR) is 119 cm³/mol. The van der Waals surface area contributed by atoms with Crippen molar-refractivity contribution in [3.8, 4) is 0 Å². The van der Waals surface area contributed by atoms with Crippen molar-refractivity contribution in [2.75, 3.05) is 18.9 Å². The van der Waals surface area contributed by atoms with Crippen LogP contribution in [0, 0.1) is 5.92 Å². The van der Waals surface area contributed by atoms with Gasteiger partial charge in [-0.05, 0) is 49.3 Å². The maximum Gasteiger partial charge on any atom is 0.243 e. The Labute approximate surface area is 180 Å². The first-order valence-corrected chi connectivity index (χ1v) is 12.7. The fourth-order valence-electron chi connectivity index (χ4n) is 3.50. The van der Waals surface area contributed by atoms with Crippen molar-refractivity contribution in [3.63, 3.8) is 0 Å². The summed E-state index contributed by atoms with van der Waals surface area (Å²) in [6, 6.07) is 3.71. The maximum atomic E-state index is 12.0. The lowest BCUT2D eigenvalue weighted by atomic mass is 9.90. The molecule has 1 aromatic rings. The quantitative estimate of drug-likeness (QED) is 0.263. The van der Waals surface area contributed by atoms with E-state index in [2.05, 4.69) is 15.2 Å². The van der Waals surface area contributed by atoms with Crippen LogP contribution in [-0.2, 0) is 19.7 Å². The molecule has 1 aromatic heterocycles. The third-order valence-corrected chi connectivity index (χ3v) is 6.43. The molecule has 8 heteroatoms. The number of amides is 1. The lowest BCUT2D eigenvalue weighted by molar-refractivity contribution is -0.116. The van der Waals surface area contributed by atoms with Gasteiger partial charge in [0, 0.05) is 25.0 Å². The minimum absolute atomic E-state index is 0.0908. The molecule has 0 bridgehead atoms. The Kier molecular flexibility index (Phi) is 11.7. The normalized spacial score (nSPS) is 15.5. The van der Waals surface area contributed by atoms with Crippen molar-refractivity contribution in [2.24, 2.45) is 5.92 Å². The second-order valence-corrected chi connectivity index (χ2v) is 9.70. The number of pyridine rings is 1. The standard InChI is InChI=1S/C22H35N3O4S/c26-22(14-13-20-12-9-15-23-18-20)24-16-7-2-1-3-8-17-30(27,28)25-29-19-21-10-5-4-6-11-21/h9,12-15,18,21,25H,1-8,10-11,16-17,19H2,(H,24,26)/b14-13+. The van der Waals surface area contributed by atoms with Crippen LogP contribution in [0.15, 0.2) is 30.6 Å². The molecule has 1 amide bonds. The minimum atomic E-state index is -3.36. The van der Waals surface area contributed by atoms with Crippen LogP contribution in [0.25, 0.3) is 6.08 Å². The summed E-state index contributed by atoms with van der Waals surface area (Å²) in [6.07, 6.45) is 16.8. The van der Waals surface area contributed by atoms with E-state index in [4.69, 9.17) is 4.84 Å². The number of nitrogens with one attached hydrogen (secondary N) is 2. The monoisotopic (exact) mass is 437 g/mol. The van der Waals surface area contributed by atoms with E-state index in [1.165, 1.54) is 25.3 Å². The Morgan fingerprint density at radius 1 is 1.13 bits per heavy atom. The van der Waals surface area contributed by atoms with Crippen molar-refractivity contribution in [1.82, 2.24) is 15.2 Å². The SMILES string of the molecule is O=C(/C=C/c1cccnc1)NCCCCCCCS(=O)(=O)NOCC1CCCCC1. The zero-order valence-corrected chi connectivity index (χ0v) is 18.5. The Morgan fingerprint density at radius 3 is 2.67 bits per heavy atom. The first kappa shape index (κ1) is 24.5. The summed E-state index contributed by atoms with van der Waals surface area (Å²) >= 11 is 0. The number of rotatable bonds is 14. The second kappa shape index (κ2) is 14.3. The van der Waals surface area contributed by atoms with Crippen molar-refractivity contribution < 1.29 is 18.0 Å². The Bertz CT molecular complexity index is 732. The average molecular weight is 438 g/mol. The molecule has 0 atom stereocenters. The summed E-state index contributed by atoms with van der Waals surface area (Å²) in [5, 5.41) is 2.85. The molecule has 1 heterocycles. The van der Waals surface area contributed by atoms with E-state index in [9.17, 15) is 13.2 Å². The highest BCUT2D eigenvalue weighted by atomic mass is 32.2. The average Bonchev–Trinajstić information content (AvgIpc) is 2.75. The van der Waals surface area contributed by atoms with Gasteiger partial charge < -0.3 is 5.32 Å². The van der Waals surface area contributed by atoms with Gasteiger partial charge in [-0.1, -0.05) is 49.5 Å². The highest BCUT2D eigenvalue weighted by Gasteiger charge is 2.15. The van der Waals surface area contributed by atoms with Crippen molar-refractivity contribution in [1.29, 1.82) is 0 Å². The molecule has 0 aliphatic heterocycles. The van der Waals surface area contributed by atoms with Gasteiger partial charge in [0.25, 0.3) is 0 Å². The highest BCUT2D eigenvalue weighted by molar-refractivity contribution is 7.89. The van der Waals surface area contributed by atoms with E-state index in [1.807, 2.05) is 12.1 Å². The van der Waals surface area contributed by atoms with Crippen LogP contribution < -0.4 is 10.2 Å². The Hall–Kier alpha value is -1.77. The molecule has 1 saturated carbocycles. The van der Waals surface area contributed by atoms with Gasteiger partial charge in [-0.3, -0.25) is 14.6 Å². The van der Waals surface area contributed by atoms with E-state index in [0.29, 0.717) is 25.5 Å². The number of sulfonamides is 1. The third-order valence-electron chi connectivity index (χ3n) is 5.23. The fourth-order valence-corrected chi connectivity index (χ4v) is 4.42. The summed E-state index contributed by atoms with van der Waals surface area (Å²) in [4.78, 5) is 23.2. The lowest BCUT2D eigenvalue weighted by Crippen LogP contribution is -2.29. The van der Waals surface area contributed by atoms with Gasteiger partial charge in [0.1, 0.15) is 0 Å². The molecular formula is C22H35N3O4S. The summed E-state index contributed by atoms with van der Waals surface area (Å²) < 4.78 is 23.9. The minimum Gasteiger partial charge on any atom is -0.353 e. The van der Waals surface area contributed by atoms with Gasteiger partial charge in [0.15, 0.2) is 0 Å². The smallest absolute Gasteiger partial charge is 0.243 e. The van der Waals surface area contributed by atoms with Crippen molar-refractivity contribution in [2.45, 2.75) is 64.2 Å². The van der Waals surface area contributed by atoms with Crippen LogP contribution in [-0.4, -0.2) is 38.2 Å². The summed E-state index contributed by atoms with van der Waals surface area (Å²) in [6.45, 7) is 1.09. The number of hydrogen-bond acceptors (Lipinski definition) is 5. The Balaban J connectivity index is 1.43. The lowest BCUT2D eigenvalue weighted by Gasteiger charge is -2.20. The topological polar surface area (TPSA) is 97.4 Å². The summed E-state index contributed by atoms with van der Waals surface area (Å²) in [5.41, 5.74) is 0.886. The van der Waals surface area contributed by atoms with E-state index in [0.717, 1.165) is 44.1 Å². The van der Waals surface area contributed by atoms with E-state index >= 15 is 0 Å². The molecular weight excluding hydrogens is 402 g/mol. The molecule has 0 radical (unpaired) electrons. The predicted octanol–water partition coefficient (Wildman–Crippen LogP) is 3.59. The van der Waals surface area contributed by atoms with E-state index < -0.39 is 10.0 Å². The zero-order chi connectivity index (χ0) is 21.5. The molecule has 30 heavy (non-hydrogen) atoms. The van der Waals surface area contributed by atoms with Crippen LogP contribution in [0.5, 0.6) is 0 Å². The molecule has 2 rings (SSSR count). The van der Waals surface area contributed by atoms with Crippen LogP contribution in [0.2, 0.25) is 0 Å². The molecule has 0 aromatic carbocycles. The van der Waals surface area contributed by atoms with Crippen molar-refractivity contribution >= 4 is 22.0 Å². The molecule has 7 nitrogen and oxygen atoms in total. The van der Waals surface area contributed by atoms with Gasteiger partial charge >= 0.3 is 0 Å². The van der Waals surface area contributed by atoms with Crippen LogP contribution in [0.1, 0.15) is 69.8 Å². The largest absolute Gasteiger partial charge is 0.353 e. The summed E-state index contributed by atoms with van der Waals surface area (Å²) in [5.74, 6) is 0.449. The number of carbonyl (C=O) groups is 1. The number of hydrogen-bond donors (Lipinski definition) is 2. The molecule has 2 N–H and O–H groups in total. The molecule has 1 fully saturated rings.